The van der Waals surface area contributed by atoms with Gasteiger partial charge in [0.15, 0.2) is 11.5 Å². The molecule has 12 heteroatoms. The number of aromatic nitrogens is 5. The average Bonchev–Trinajstić information content (AvgIpc) is 3.26. The summed E-state index contributed by atoms with van der Waals surface area (Å²) in [6, 6.07) is 13.4. The Hall–Kier alpha value is -4.71. The second kappa shape index (κ2) is 11.4. The first-order chi connectivity index (χ1) is 21.0. The van der Waals surface area contributed by atoms with E-state index in [9.17, 15) is 14.7 Å². The maximum Gasteiger partial charge on any atom is 0.410 e. The molecule has 2 bridgehead atoms. The molecule has 0 unspecified atom stereocenters. The van der Waals surface area contributed by atoms with E-state index in [0.29, 0.717) is 74.1 Å². The SMILES string of the molecule is CC(C)(C)OC(=O)N1CCN(c2ccc(Nc3ncc4c(=O)n5n(c4n3)-c3cccc(n3)[C@@](C)(O)CC/C=C\C5)cc2)CC1. The van der Waals surface area contributed by atoms with Crippen molar-refractivity contribution in [3.8, 4) is 5.82 Å². The lowest BCUT2D eigenvalue weighted by molar-refractivity contribution is 0.0240. The third kappa shape index (κ3) is 6.02. The number of nitrogens with zero attached hydrogens (tertiary/aromatic N) is 7. The van der Waals surface area contributed by atoms with Crippen LogP contribution in [0.5, 0.6) is 0 Å². The largest absolute Gasteiger partial charge is 0.444 e. The van der Waals surface area contributed by atoms with Gasteiger partial charge in [0.25, 0.3) is 5.56 Å². The number of fused-ring (bicyclic) bond motifs is 6. The third-order valence-corrected chi connectivity index (χ3v) is 7.84. The lowest BCUT2D eigenvalue weighted by Crippen LogP contribution is -2.50. The Kier molecular flexibility index (Phi) is 7.62. The Labute approximate surface area is 255 Å². The van der Waals surface area contributed by atoms with Gasteiger partial charge in [0.2, 0.25) is 5.95 Å². The van der Waals surface area contributed by atoms with Crippen molar-refractivity contribution in [3.05, 3.63) is 76.9 Å². The van der Waals surface area contributed by atoms with Crippen molar-refractivity contribution in [3.63, 3.8) is 0 Å². The van der Waals surface area contributed by atoms with Gasteiger partial charge in [-0.05, 0) is 76.9 Å². The van der Waals surface area contributed by atoms with Crippen LogP contribution in [-0.2, 0) is 16.9 Å². The van der Waals surface area contributed by atoms with Gasteiger partial charge in [0, 0.05) is 43.8 Å². The standard InChI is InChI=1S/C32H38N8O4/c1-31(2,3)44-30(42)38-19-17-37(18-20-38)23-13-11-22(12-14-23)34-29-33-21-24-27(36-29)40-26-10-8-9-25(35-26)32(4,43)15-6-5-7-16-39(40)28(24)41/h5,7-14,21,43H,6,15-20H2,1-4H3,(H,33,34,36)/b7-5-/t32-/m0/s1. The number of allylic oxidation sites excluding steroid dienone is 2. The molecule has 44 heavy (non-hydrogen) atoms. The van der Waals surface area contributed by atoms with E-state index in [-0.39, 0.29) is 11.7 Å². The summed E-state index contributed by atoms with van der Waals surface area (Å²) < 4.78 is 8.79. The molecule has 2 aliphatic heterocycles. The molecule has 1 aromatic carbocycles. The molecule has 2 N–H and O–H groups in total. The van der Waals surface area contributed by atoms with E-state index in [1.807, 2.05) is 63.3 Å². The summed E-state index contributed by atoms with van der Waals surface area (Å²) >= 11 is 0. The Morgan fingerprint density at radius 1 is 1.02 bits per heavy atom. The zero-order chi connectivity index (χ0) is 31.1. The van der Waals surface area contributed by atoms with Gasteiger partial charge < -0.3 is 25.0 Å². The molecule has 1 amide bonds. The summed E-state index contributed by atoms with van der Waals surface area (Å²) in [5, 5.41) is 14.7. The van der Waals surface area contributed by atoms with Gasteiger partial charge in [-0.25, -0.2) is 24.1 Å². The molecular formula is C32H38N8O4. The number of anilines is 3. The van der Waals surface area contributed by atoms with E-state index in [2.05, 4.69) is 15.2 Å². The topological polar surface area (TPSA) is 131 Å². The van der Waals surface area contributed by atoms with Crippen molar-refractivity contribution in [2.24, 2.45) is 0 Å². The summed E-state index contributed by atoms with van der Waals surface area (Å²) in [6.45, 7) is 10.3. The highest BCUT2D eigenvalue weighted by atomic mass is 16.6. The van der Waals surface area contributed by atoms with Gasteiger partial charge in [-0.3, -0.25) is 4.79 Å². The monoisotopic (exact) mass is 598 g/mol. The second-order valence-corrected chi connectivity index (χ2v) is 12.4. The number of amides is 1. The van der Waals surface area contributed by atoms with E-state index < -0.39 is 11.2 Å². The summed E-state index contributed by atoms with van der Waals surface area (Å²) in [6.07, 6.45) is 6.32. The molecule has 12 nitrogen and oxygen atoms in total. The van der Waals surface area contributed by atoms with Gasteiger partial charge in [0.05, 0.1) is 12.2 Å². The zero-order valence-electron chi connectivity index (χ0n) is 25.5. The van der Waals surface area contributed by atoms with Gasteiger partial charge >= 0.3 is 6.09 Å². The number of hydrogen-bond donors (Lipinski definition) is 2. The van der Waals surface area contributed by atoms with E-state index in [1.165, 1.54) is 6.20 Å². The van der Waals surface area contributed by atoms with Crippen LogP contribution in [0.3, 0.4) is 0 Å². The number of carbonyl (C=O) groups is 1. The predicted molar refractivity (Wildman–Crippen MR) is 169 cm³/mol. The van der Waals surface area contributed by atoms with Crippen LogP contribution >= 0.6 is 0 Å². The Balaban J connectivity index is 1.23. The number of ether oxygens (including phenoxy) is 1. The van der Waals surface area contributed by atoms with Crippen LogP contribution in [0.1, 0.15) is 46.2 Å². The van der Waals surface area contributed by atoms with Crippen molar-refractivity contribution in [1.29, 1.82) is 0 Å². The van der Waals surface area contributed by atoms with Crippen LogP contribution in [-0.4, -0.2) is 72.2 Å². The number of carbonyl (C=O) groups excluding carboxylic acids is 1. The lowest BCUT2D eigenvalue weighted by Gasteiger charge is -2.36. The van der Waals surface area contributed by atoms with E-state index in [4.69, 9.17) is 14.7 Å². The Morgan fingerprint density at radius 2 is 1.77 bits per heavy atom. The fourth-order valence-corrected chi connectivity index (χ4v) is 5.47. The molecule has 3 aromatic heterocycles. The molecular weight excluding hydrogens is 560 g/mol. The molecule has 6 rings (SSSR count). The van der Waals surface area contributed by atoms with E-state index in [0.717, 1.165) is 11.4 Å². The molecule has 4 aromatic rings. The van der Waals surface area contributed by atoms with E-state index >= 15 is 0 Å². The highest BCUT2D eigenvalue weighted by molar-refractivity contribution is 5.77. The fourth-order valence-electron chi connectivity index (χ4n) is 5.47. The molecule has 2 aliphatic rings. The smallest absolute Gasteiger partial charge is 0.410 e. The van der Waals surface area contributed by atoms with Crippen LogP contribution in [0, 0.1) is 0 Å². The van der Waals surface area contributed by atoms with Gasteiger partial charge in [-0.1, -0.05) is 18.2 Å². The van der Waals surface area contributed by atoms with Crippen LogP contribution in [0.25, 0.3) is 16.9 Å². The van der Waals surface area contributed by atoms with Gasteiger partial charge in [-0.15, -0.1) is 0 Å². The molecule has 1 atom stereocenters. The number of benzene rings is 1. The molecule has 1 fully saturated rings. The van der Waals surface area contributed by atoms with Gasteiger partial charge in [0.1, 0.15) is 16.6 Å². The maximum atomic E-state index is 13.4. The molecule has 0 spiro atoms. The summed E-state index contributed by atoms with van der Waals surface area (Å²) in [7, 11) is 0. The first-order valence-electron chi connectivity index (χ1n) is 14.9. The first-order valence-corrected chi connectivity index (χ1v) is 14.9. The minimum Gasteiger partial charge on any atom is -0.444 e. The molecule has 5 heterocycles. The van der Waals surface area contributed by atoms with Crippen molar-refractivity contribution < 1.29 is 14.6 Å². The Bertz CT molecular complexity index is 1760. The summed E-state index contributed by atoms with van der Waals surface area (Å²) in [5.41, 5.74) is 0.950. The normalized spacial score (nSPS) is 19.7. The van der Waals surface area contributed by atoms with Crippen LogP contribution < -0.4 is 15.8 Å². The number of rotatable bonds is 3. The molecule has 0 aliphatic carbocycles. The minimum atomic E-state index is -1.11. The van der Waals surface area contributed by atoms with Gasteiger partial charge in [-0.2, -0.15) is 4.98 Å². The van der Waals surface area contributed by atoms with Crippen molar-refractivity contribution >= 4 is 34.4 Å². The number of piperazine rings is 1. The van der Waals surface area contributed by atoms with Crippen molar-refractivity contribution in [1.82, 2.24) is 29.2 Å². The molecule has 0 radical (unpaired) electrons. The van der Waals surface area contributed by atoms with E-state index in [1.54, 1.807) is 33.3 Å². The molecule has 0 saturated carbocycles. The highest BCUT2D eigenvalue weighted by Crippen LogP contribution is 2.27. The molecule has 230 valence electrons. The molecule has 1 saturated heterocycles. The Morgan fingerprint density at radius 3 is 2.50 bits per heavy atom. The van der Waals surface area contributed by atoms with Crippen LogP contribution in [0.15, 0.2) is 65.6 Å². The number of pyridine rings is 1. The van der Waals surface area contributed by atoms with Crippen molar-refractivity contribution in [2.45, 2.75) is 58.3 Å². The summed E-state index contributed by atoms with van der Waals surface area (Å²) in [5.74, 6) is 0.830. The predicted octanol–water partition coefficient (Wildman–Crippen LogP) is 4.34. The lowest BCUT2D eigenvalue weighted by atomic mass is 9.95. The fraction of sp³-hybridized carbons (Fsp3) is 0.406. The summed E-state index contributed by atoms with van der Waals surface area (Å²) in [4.78, 5) is 43.7. The zero-order valence-corrected chi connectivity index (χ0v) is 25.5. The second-order valence-electron chi connectivity index (χ2n) is 12.4. The average molecular weight is 599 g/mol. The third-order valence-electron chi connectivity index (χ3n) is 7.84. The van der Waals surface area contributed by atoms with Crippen molar-refractivity contribution in [2.75, 3.05) is 36.4 Å². The highest BCUT2D eigenvalue weighted by Gasteiger charge is 2.27. The van der Waals surface area contributed by atoms with Crippen LogP contribution in [0.2, 0.25) is 0 Å². The minimum absolute atomic E-state index is 0.217. The quantitative estimate of drug-likeness (QED) is 0.331. The number of aliphatic hydroxyl groups is 1. The maximum absolute atomic E-state index is 13.4. The number of hydrogen-bond acceptors (Lipinski definition) is 9. The first kappa shape index (κ1) is 29.4. The van der Waals surface area contributed by atoms with Crippen LogP contribution in [0.4, 0.5) is 22.1 Å². The number of nitrogens with one attached hydrogen (secondary N) is 1.